The lowest BCUT2D eigenvalue weighted by molar-refractivity contribution is -0.162. The number of alkyl halides is 4. The number of carbonyl (C=O) groups is 2. The van der Waals surface area contributed by atoms with Gasteiger partial charge in [-0.15, -0.1) is 0 Å². The van der Waals surface area contributed by atoms with E-state index in [2.05, 4.69) is 4.74 Å². The van der Waals surface area contributed by atoms with Crippen molar-refractivity contribution in [2.75, 3.05) is 6.61 Å². The molecule has 22 heavy (non-hydrogen) atoms. The van der Waals surface area contributed by atoms with E-state index in [9.17, 15) is 22.8 Å². The molecule has 0 spiro atoms. The van der Waals surface area contributed by atoms with Crippen LogP contribution in [0.4, 0.5) is 13.2 Å². The Kier molecular flexibility index (Phi) is 7.19. The standard InChI is InChI=1S/C14H18ClF3O4/c15-14(18)9-8-13(16,17)7-3-1-2-4-10-21-11(19)5-6-12(20)22-14/h5-6H,1-4,7-10H2. The van der Waals surface area contributed by atoms with Gasteiger partial charge in [0.15, 0.2) is 0 Å². The Balaban J connectivity index is 2.69. The van der Waals surface area contributed by atoms with Crippen molar-refractivity contribution in [1.82, 2.24) is 0 Å². The molecule has 1 aliphatic heterocycles. The van der Waals surface area contributed by atoms with E-state index in [4.69, 9.17) is 16.3 Å². The van der Waals surface area contributed by atoms with E-state index in [0.717, 1.165) is 6.08 Å². The molecule has 0 aliphatic carbocycles. The fourth-order valence-electron chi connectivity index (χ4n) is 1.88. The molecule has 0 saturated carbocycles. The van der Waals surface area contributed by atoms with Crippen molar-refractivity contribution < 1.29 is 32.2 Å². The van der Waals surface area contributed by atoms with E-state index in [-0.39, 0.29) is 13.0 Å². The predicted octanol–water partition coefficient (Wildman–Crippen LogP) is 3.87. The summed E-state index contributed by atoms with van der Waals surface area (Å²) in [5.41, 5.74) is 0. The van der Waals surface area contributed by atoms with Crippen LogP contribution in [0.1, 0.15) is 44.9 Å². The van der Waals surface area contributed by atoms with Gasteiger partial charge in [-0.25, -0.2) is 18.4 Å². The van der Waals surface area contributed by atoms with Crippen LogP contribution in [0.5, 0.6) is 0 Å². The number of halogens is 4. The van der Waals surface area contributed by atoms with Crippen molar-refractivity contribution in [3.63, 3.8) is 0 Å². The van der Waals surface area contributed by atoms with Gasteiger partial charge >= 0.3 is 17.3 Å². The average Bonchev–Trinajstić information content (AvgIpc) is 2.41. The summed E-state index contributed by atoms with van der Waals surface area (Å²) in [5.74, 6) is -5.09. The lowest BCUT2D eigenvalue weighted by Crippen LogP contribution is -2.27. The smallest absolute Gasteiger partial charge is 0.334 e. The van der Waals surface area contributed by atoms with Gasteiger partial charge in [0.05, 0.1) is 6.61 Å². The van der Waals surface area contributed by atoms with Crippen LogP contribution in [-0.2, 0) is 19.1 Å². The second-order valence-electron chi connectivity index (χ2n) is 5.08. The molecule has 1 rings (SSSR count). The van der Waals surface area contributed by atoms with Crippen LogP contribution in [0, 0.1) is 0 Å². The molecule has 0 radical (unpaired) electrons. The molecule has 0 aromatic rings. The molecule has 0 aromatic carbocycles. The highest BCUT2D eigenvalue weighted by Gasteiger charge is 2.37. The highest BCUT2D eigenvalue weighted by atomic mass is 35.5. The summed E-state index contributed by atoms with van der Waals surface area (Å²) in [7, 11) is 0. The topological polar surface area (TPSA) is 52.6 Å². The average molecular weight is 343 g/mol. The molecule has 126 valence electrons. The maximum Gasteiger partial charge on any atom is 0.334 e. The summed E-state index contributed by atoms with van der Waals surface area (Å²) >= 11 is 5.27. The molecule has 0 saturated heterocycles. The Morgan fingerprint density at radius 2 is 1.55 bits per heavy atom. The summed E-state index contributed by atoms with van der Waals surface area (Å²) in [6.45, 7) is 0.122. The van der Waals surface area contributed by atoms with Crippen molar-refractivity contribution in [3.8, 4) is 0 Å². The molecule has 1 unspecified atom stereocenters. The Morgan fingerprint density at radius 3 is 2.27 bits per heavy atom. The Bertz CT molecular complexity index is 424. The molecule has 0 N–H and O–H groups in total. The number of cyclic esters (lactones) is 2. The number of esters is 2. The minimum atomic E-state index is -3.07. The highest BCUT2D eigenvalue weighted by molar-refractivity contribution is 6.22. The van der Waals surface area contributed by atoms with Gasteiger partial charge in [0, 0.05) is 31.4 Å². The number of carbonyl (C=O) groups excluding carboxylic acids is 2. The van der Waals surface area contributed by atoms with Gasteiger partial charge in [-0.2, -0.15) is 4.39 Å². The lowest BCUT2D eigenvalue weighted by atomic mass is 10.0. The van der Waals surface area contributed by atoms with Crippen molar-refractivity contribution in [3.05, 3.63) is 12.2 Å². The second kappa shape index (κ2) is 8.41. The minimum absolute atomic E-state index is 0.122. The molecule has 0 amide bonds. The number of ether oxygens (including phenoxy) is 2. The van der Waals surface area contributed by atoms with Crippen LogP contribution < -0.4 is 0 Å². The van der Waals surface area contributed by atoms with E-state index >= 15 is 0 Å². The third-order valence-electron chi connectivity index (χ3n) is 3.07. The first-order valence-electron chi connectivity index (χ1n) is 7.04. The largest absolute Gasteiger partial charge is 0.463 e. The maximum absolute atomic E-state index is 13.7. The third kappa shape index (κ3) is 8.26. The van der Waals surface area contributed by atoms with Gasteiger partial charge in [0.2, 0.25) is 5.92 Å². The van der Waals surface area contributed by atoms with E-state index in [0.29, 0.717) is 25.3 Å². The molecule has 1 atom stereocenters. The number of hydrogen-bond acceptors (Lipinski definition) is 4. The van der Waals surface area contributed by atoms with E-state index in [1.807, 2.05) is 0 Å². The van der Waals surface area contributed by atoms with Crippen LogP contribution >= 0.6 is 11.6 Å². The fraction of sp³-hybridized carbons (Fsp3) is 0.714. The SMILES string of the molecule is O=C1C=CC(=O)OC(F)(Cl)CCC(F)(F)CCCCCCO1. The molecule has 1 heterocycles. The summed E-state index contributed by atoms with van der Waals surface area (Å²) < 4.78 is 49.8. The van der Waals surface area contributed by atoms with E-state index in [1.165, 1.54) is 0 Å². The van der Waals surface area contributed by atoms with Crippen LogP contribution in [0.2, 0.25) is 0 Å². The van der Waals surface area contributed by atoms with Crippen LogP contribution in [0.3, 0.4) is 0 Å². The molecule has 0 aromatic heterocycles. The molecular weight excluding hydrogens is 325 g/mol. The van der Waals surface area contributed by atoms with Crippen LogP contribution in [0.25, 0.3) is 0 Å². The minimum Gasteiger partial charge on any atom is -0.463 e. The molecule has 1 aliphatic rings. The molecular formula is C14H18ClF3O4. The zero-order valence-corrected chi connectivity index (χ0v) is 12.7. The second-order valence-corrected chi connectivity index (χ2v) is 5.64. The molecule has 8 heteroatoms. The van der Waals surface area contributed by atoms with Crippen LogP contribution in [-0.4, -0.2) is 29.8 Å². The normalized spacial score (nSPS) is 28.7. The van der Waals surface area contributed by atoms with Crippen molar-refractivity contribution >= 4 is 23.5 Å². The van der Waals surface area contributed by atoms with E-state index in [1.54, 1.807) is 0 Å². The van der Waals surface area contributed by atoms with Gasteiger partial charge in [0.25, 0.3) is 0 Å². The highest BCUT2D eigenvalue weighted by Crippen LogP contribution is 2.34. The first kappa shape index (κ1) is 18.8. The predicted molar refractivity (Wildman–Crippen MR) is 73.1 cm³/mol. The van der Waals surface area contributed by atoms with E-state index < -0.39 is 42.4 Å². The third-order valence-corrected chi connectivity index (χ3v) is 3.33. The summed E-state index contributed by atoms with van der Waals surface area (Å²) in [4.78, 5) is 22.5. The monoisotopic (exact) mass is 342 g/mol. The van der Waals surface area contributed by atoms with Crippen molar-refractivity contribution in [2.24, 2.45) is 0 Å². The zero-order chi connectivity index (χ0) is 16.6. The van der Waals surface area contributed by atoms with Crippen molar-refractivity contribution in [1.29, 1.82) is 0 Å². The van der Waals surface area contributed by atoms with Gasteiger partial charge in [-0.1, -0.05) is 12.8 Å². The summed E-state index contributed by atoms with van der Waals surface area (Å²) in [6, 6.07) is 0. The first-order valence-corrected chi connectivity index (χ1v) is 7.41. The first-order chi connectivity index (χ1) is 10.2. The fourth-order valence-corrected chi connectivity index (χ4v) is 2.05. The Morgan fingerprint density at radius 1 is 0.909 bits per heavy atom. The van der Waals surface area contributed by atoms with Gasteiger partial charge in [-0.3, -0.25) is 0 Å². The molecule has 4 nitrogen and oxygen atoms in total. The van der Waals surface area contributed by atoms with Crippen LogP contribution in [0.15, 0.2) is 12.2 Å². The van der Waals surface area contributed by atoms with Crippen molar-refractivity contribution in [2.45, 2.75) is 56.2 Å². The molecule has 0 bridgehead atoms. The zero-order valence-electron chi connectivity index (χ0n) is 12.0. The number of hydrogen-bond donors (Lipinski definition) is 0. The van der Waals surface area contributed by atoms with Gasteiger partial charge < -0.3 is 9.47 Å². The lowest BCUT2D eigenvalue weighted by Gasteiger charge is -2.21. The summed E-state index contributed by atoms with van der Waals surface area (Å²) in [6.07, 6.45) is 1.36. The Labute approximate surface area is 131 Å². The van der Waals surface area contributed by atoms with Gasteiger partial charge in [-0.05, 0) is 24.4 Å². The number of rotatable bonds is 0. The maximum atomic E-state index is 13.7. The Hall–Kier alpha value is -1.24. The summed E-state index contributed by atoms with van der Waals surface area (Å²) in [5, 5.41) is -3.04. The quantitative estimate of drug-likeness (QED) is 0.495. The van der Waals surface area contributed by atoms with Gasteiger partial charge in [0.1, 0.15) is 0 Å². The molecule has 0 fully saturated rings.